The number of aryl methyl sites for hydroxylation is 1. The molecule has 1 heterocycles. The van der Waals surface area contributed by atoms with E-state index >= 15 is 0 Å². The number of guanidine groups is 1. The molecule has 1 saturated carbocycles. The number of halogens is 1. The smallest absolute Gasteiger partial charge is 0.191 e. The van der Waals surface area contributed by atoms with Crippen molar-refractivity contribution < 1.29 is 9.47 Å². The standard InChI is InChI=1S/C23H32N4O2.HI/c1-17-15-25-12-10-18(17)11-13-26-23(24-2)27-16-19-8-9-21(28-3)14-22(19)29-20-6-4-5-7-20;/h8-10,12,14-15,20H,4-7,11,13,16H2,1-3H3,(H2,24,26,27);1H. The van der Waals surface area contributed by atoms with Crippen molar-refractivity contribution in [1.82, 2.24) is 15.6 Å². The second-order valence-corrected chi connectivity index (χ2v) is 7.40. The van der Waals surface area contributed by atoms with Gasteiger partial charge < -0.3 is 20.1 Å². The number of methoxy groups -OCH3 is 1. The molecule has 1 aromatic heterocycles. The molecule has 3 rings (SSSR count). The fourth-order valence-electron chi connectivity index (χ4n) is 3.60. The van der Waals surface area contributed by atoms with Crippen LogP contribution in [0.1, 0.15) is 42.4 Å². The highest BCUT2D eigenvalue weighted by atomic mass is 127. The normalized spacial score (nSPS) is 14.2. The van der Waals surface area contributed by atoms with Gasteiger partial charge >= 0.3 is 0 Å². The van der Waals surface area contributed by atoms with E-state index in [1.165, 1.54) is 24.0 Å². The predicted molar refractivity (Wildman–Crippen MR) is 132 cm³/mol. The van der Waals surface area contributed by atoms with E-state index in [9.17, 15) is 0 Å². The van der Waals surface area contributed by atoms with E-state index in [-0.39, 0.29) is 24.0 Å². The fourth-order valence-corrected chi connectivity index (χ4v) is 3.60. The molecule has 2 aromatic rings. The summed E-state index contributed by atoms with van der Waals surface area (Å²) in [7, 11) is 3.47. The SMILES string of the molecule is CN=C(NCCc1ccncc1C)NCc1ccc(OC)cc1OC1CCCC1.I. The highest BCUT2D eigenvalue weighted by Gasteiger charge is 2.18. The van der Waals surface area contributed by atoms with E-state index in [1.54, 1.807) is 14.2 Å². The Morgan fingerprint density at radius 1 is 1.17 bits per heavy atom. The van der Waals surface area contributed by atoms with Gasteiger partial charge in [0.05, 0.1) is 13.2 Å². The van der Waals surface area contributed by atoms with Crippen molar-refractivity contribution in [3.05, 3.63) is 53.3 Å². The van der Waals surface area contributed by atoms with E-state index < -0.39 is 0 Å². The third kappa shape index (κ3) is 7.04. The lowest BCUT2D eigenvalue weighted by molar-refractivity contribution is 0.207. The molecule has 0 bridgehead atoms. The molecule has 0 unspecified atom stereocenters. The van der Waals surface area contributed by atoms with Crippen molar-refractivity contribution in [2.75, 3.05) is 20.7 Å². The van der Waals surface area contributed by atoms with E-state index in [2.05, 4.69) is 39.7 Å². The quantitative estimate of drug-likeness (QED) is 0.307. The van der Waals surface area contributed by atoms with Crippen LogP contribution in [0.25, 0.3) is 0 Å². The number of pyridine rings is 1. The van der Waals surface area contributed by atoms with Crippen molar-refractivity contribution in [3.63, 3.8) is 0 Å². The molecule has 30 heavy (non-hydrogen) atoms. The van der Waals surface area contributed by atoms with Gasteiger partial charge in [-0.3, -0.25) is 9.98 Å². The van der Waals surface area contributed by atoms with Gasteiger partial charge in [0.25, 0.3) is 0 Å². The van der Waals surface area contributed by atoms with Crippen molar-refractivity contribution >= 4 is 29.9 Å². The van der Waals surface area contributed by atoms with E-state index in [4.69, 9.17) is 9.47 Å². The van der Waals surface area contributed by atoms with Crippen molar-refractivity contribution in [2.45, 2.75) is 51.7 Å². The summed E-state index contributed by atoms with van der Waals surface area (Å²) in [6.45, 7) is 3.53. The van der Waals surface area contributed by atoms with E-state index in [1.807, 2.05) is 24.5 Å². The Morgan fingerprint density at radius 3 is 2.67 bits per heavy atom. The Kier molecular flexibility index (Phi) is 10.2. The Labute approximate surface area is 196 Å². The number of rotatable bonds is 8. The third-order valence-electron chi connectivity index (χ3n) is 5.36. The first-order chi connectivity index (χ1) is 14.2. The van der Waals surface area contributed by atoms with Crippen LogP contribution in [0.15, 0.2) is 41.7 Å². The molecule has 164 valence electrons. The van der Waals surface area contributed by atoms with Gasteiger partial charge in [-0.2, -0.15) is 0 Å². The molecule has 1 aromatic carbocycles. The van der Waals surface area contributed by atoms with Crippen molar-refractivity contribution in [1.29, 1.82) is 0 Å². The Balaban J connectivity index is 0.00000320. The van der Waals surface area contributed by atoms with Gasteiger partial charge in [-0.05, 0) is 68.4 Å². The average Bonchev–Trinajstić information content (AvgIpc) is 3.25. The van der Waals surface area contributed by atoms with Crippen LogP contribution in [0.3, 0.4) is 0 Å². The molecule has 0 amide bonds. The molecule has 6 nitrogen and oxygen atoms in total. The van der Waals surface area contributed by atoms with Crippen LogP contribution in [0.5, 0.6) is 11.5 Å². The van der Waals surface area contributed by atoms with Gasteiger partial charge in [0.1, 0.15) is 11.5 Å². The minimum Gasteiger partial charge on any atom is -0.497 e. The van der Waals surface area contributed by atoms with Gasteiger partial charge in [0.2, 0.25) is 0 Å². The number of aromatic nitrogens is 1. The summed E-state index contributed by atoms with van der Waals surface area (Å²) in [5, 5.41) is 6.78. The molecule has 7 heteroatoms. The number of nitrogens with zero attached hydrogens (tertiary/aromatic N) is 2. The van der Waals surface area contributed by atoms with Crippen LogP contribution in [0.2, 0.25) is 0 Å². The van der Waals surface area contributed by atoms with Gasteiger partial charge in [-0.25, -0.2) is 0 Å². The lowest BCUT2D eigenvalue weighted by Gasteiger charge is -2.19. The van der Waals surface area contributed by atoms with Gasteiger partial charge in [0, 0.05) is 44.2 Å². The second kappa shape index (κ2) is 12.6. The monoisotopic (exact) mass is 524 g/mol. The minimum absolute atomic E-state index is 0. The van der Waals surface area contributed by atoms with Crippen LogP contribution in [0.4, 0.5) is 0 Å². The summed E-state index contributed by atoms with van der Waals surface area (Å²) in [6, 6.07) is 8.08. The van der Waals surface area contributed by atoms with Crippen LogP contribution in [-0.4, -0.2) is 37.7 Å². The Morgan fingerprint density at radius 2 is 1.97 bits per heavy atom. The zero-order chi connectivity index (χ0) is 20.5. The van der Waals surface area contributed by atoms with E-state index in [0.29, 0.717) is 12.6 Å². The summed E-state index contributed by atoms with van der Waals surface area (Å²) < 4.78 is 11.7. The molecule has 0 spiro atoms. The fraction of sp³-hybridized carbons (Fsp3) is 0.478. The maximum atomic E-state index is 6.28. The molecule has 0 radical (unpaired) electrons. The Bertz CT molecular complexity index is 823. The first kappa shape index (κ1) is 24.2. The van der Waals surface area contributed by atoms with Crippen molar-refractivity contribution in [3.8, 4) is 11.5 Å². The zero-order valence-corrected chi connectivity index (χ0v) is 20.4. The highest BCUT2D eigenvalue weighted by molar-refractivity contribution is 14.0. The van der Waals surface area contributed by atoms with Crippen LogP contribution < -0.4 is 20.1 Å². The highest BCUT2D eigenvalue weighted by Crippen LogP contribution is 2.29. The second-order valence-electron chi connectivity index (χ2n) is 7.40. The van der Waals surface area contributed by atoms with Crippen molar-refractivity contribution in [2.24, 2.45) is 4.99 Å². The molecular formula is C23H33IN4O2. The minimum atomic E-state index is 0. The predicted octanol–water partition coefficient (Wildman–Crippen LogP) is 4.25. The van der Waals surface area contributed by atoms with Gasteiger partial charge in [-0.1, -0.05) is 0 Å². The van der Waals surface area contributed by atoms with Crippen LogP contribution in [0, 0.1) is 6.92 Å². The topological polar surface area (TPSA) is 67.8 Å². The third-order valence-corrected chi connectivity index (χ3v) is 5.36. The lowest BCUT2D eigenvalue weighted by Crippen LogP contribution is -2.38. The number of benzene rings is 1. The lowest BCUT2D eigenvalue weighted by atomic mass is 10.1. The van der Waals surface area contributed by atoms with Crippen LogP contribution >= 0.6 is 24.0 Å². The van der Waals surface area contributed by atoms with E-state index in [0.717, 1.165) is 48.8 Å². The first-order valence-electron chi connectivity index (χ1n) is 10.4. The number of nitrogens with one attached hydrogen (secondary N) is 2. The molecule has 2 N–H and O–H groups in total. The Hall–Kier alpha value is -2.03. The number of ether oxygens (including phenoxy) is 2. The van der Waals surface area contributed by atoms with Gasteiger partial charge in [-0.15, -0.1) is 24.0 Å². The number of hydrogen-bond acceptors (Lipinski definition) is 4. The number of aliphatic imine (C=N–C) groups is 1. The average molecular weight is 524 g/mol. The maximum Gasteiger partial charge on any atom is 0.191 e. The summed E-state index contributed by atoms with van der Waals surface area (Å²) in [5.74, 6) is 2.49. The summed E-state index contributed by atoms with van der Waals surface area (Å²) in [4.78, 5) is 8.49. The molecule has 0 aliphatic heterocycles. The van der Waals surface area contributed by atoms with Crippen LogP contribution in [-0.2, 0) is 13.0 Å². The molecule has 1 aliphatic carbocycles. The maximum absolute atomic E-state index is 6.28. The summed E-state index contributed by atoms with van der Waals surface area (Å²) in [5.41, 5.74) is 3.61. The zero-order valence-electron chi connectivity index (χ0n) is 18.1. The molecule has 0 saturated heterocycles. The first-order valence-corrected chi connectivity index (χ1v) is 10.4. The molecule has 1 aliphatic rings. The molecule has 0 atom stereocenters. The summed E-state index contributed by atoms with van der Waals surface area (Å²) >= 11 is 0. The summed E-state index contributed by atoms with van der Waals surface area (Å²) in [6.07, 6.45) is 9.72. The molecular weight excluding hydrogens is 491 g/mol. The number of hydrogen-bond donors (Lipinski definition) is 2. The molecule has 1 fully saturated rings. The van der Waals surface area contributed by atoms with Gasteiger partial charge in [0.15, 0.2) is 5.96 Å². The largest absolute Gasteiger partial charge is 0.497 e.